The number of nitrogens with zero attached hydrogens (tertiary/aromatic N) is 3. The van der Waals surface area contributed by atoms with E-state index in [9.17, 15) is 8.78 Å². The van der Waals surface area contributed by atoms with Crippen LogP contribution in [0.25, 0.3) is 11.3 Å². The third kappa shape index (κ3) is 2.35. The van der Waals surface area contributed by atoms with Gasteiger partial charge in [-0.1, -0.05) is 0 Å². The highest BCUT2D eigenvalue weighted by molar-refractivity contribution is 5.60. The predicted molar refractivity (Wildman–Crippen MR) is 73.4 cm³/mol. The second-order valence-corrected chi connectivity index (χ2v) is 5.06. The number of benzene rings is 1. The third-order valence-corrected chi connectivity index (χ3v) is 3.67. The van der Waals surface area contributed by atoms with E-state index in [-0.39, 0.29) is 0 Å². The molecule has 1 aliphatic heterocycles. The minimum absolute atomic E-state index is 0.412. The van der Waals surface area contributed by atoms with E-state index in [2.05, 4.69) is 21.8 Å². The lowest BCUT2D eigenvalue weighted by Gasteiger charge is -2.21. The highest BCUT2D eigenvalue weighted by atomic mass is 19.2. The summed E-state index contributed by atoms with van der Waals surface area (Å²) in [6.07, 6.45) is 3.91. The van der Waals surface area contributed by atoms with Gasteiger partial charge in [0.05, 0.1) is 5.69 Å². The molecule has 0 amide bonds. The first-order chi connectivity index (χ1) is 9.65. The molecule has 0 unspecified atom stereocenters. The van der Waals surface area contributed by atoms with Crippen molar-refractivity contribution in [2.75, 3.05) is 11.4 Å². The molecule has 1 saturated heterocycles. The van der Waals surface area contributed by atoms with Crippen LogP contribution in [0, 0.1) is 11.6 Å². The van der Waals surface area contributed by atoms with Gasteiger partial charge < -0.3 is 4.90 Å². The number of rotatable bonds is 2. The highest BCUT2D eigenvalue weighted by Crippen LogP contribution is 2.25. The Kier molecular flexibility index (Phi) is 3.34. The highest BCUT2D eigenvalue weighted by Gasteiger charge is 2.22. The lowest BCUT2D eigenvalue weighted by atomic mass is 10.1. The smallest absolute Gasteiger partial charge is 0.226 e. The summed E-state index contributed by atoms with van der Waals surface area (Å²) < 4.78 is 26.3. The van der Waals surface area contributed by atoms with Gasteiger partial charge in [0, 0.05) is 24.3 Å². The minimum Gasteiger partial charge on any atom is -0.338 e. The van der Waals surface area contributed by atoms with Crippen molar-refractivity contribution in [3.05, 3.63) is 42.1 Å². The van der Waals surface area contributed by atoms with Crippen LogP contribution in [0.1, 0.15) is 19.8 Å². The van der Waals surface area contributed by atoms with Gasteiger partial charge in [-0.2, -0.15) is 0 Å². The van der Waals surface area contributed by atoms with Crippen molar-refractivity contribution in [1.29, 1.82) is 0 Å². The molecule has 0 aliphatic carbocycles. The van der Waals surface area contributed by atoms with E-state index < -0.39 is 11.6 Å². The molecule has 5 heteroatoms. The maximum absolute atomic E-state index is 13.3. The lowest BCUT2D eigenvalue weighted by Crippen LogP contribution is -2.28. The van der Waals surface area contributed by atoms with Gasteiger partial charge in [0.15, 0.2) is 11.6 Å². The molecule has 0 saturated carbocycles. The molecule has 1 aromatic carbocycles. The molecule has 1 aliphatic rings. The minimum atomic E-state index is -0.864. The number of hydrogen-bond acceptors (Lipinski definition) is 3. The summed E-state index contributed by atoms with van der Waals surface area (Å²) in [5.41, 5.74) is 1.16. The van der Waals surface area contributed by atoms with Gasteiger partial charge >= 0.3 is 0 Å². The van der Waals surface area contributed by atoms with Crippen LogP contribution in [-0.2, 0) is 0 Å². The molecule has 0 radical (unpaired) electrons. The molecule has 1 atom stereocenters. The van der Waals surface area contributed by atoms with Gasteiger partial charge in [-0.15, -0.1) is 0 Å². The van der Waals surface area contributed by atoms with Crippen molar-refractivity contribution in [3.63, 3.8) is 0 Å². The number of aromatic nitrogens is 2. The van der Waals surface area contributed by atoms with Gasteiger partial charge in [0.1, 0.15) is 0 Å². The molecular weight excluding hydrogens is 260 g/mol. The van der Waals surface area contributed by atoms with E-state index in [0.29, 0.717) is 23.2 Å². The fourth-order valence-electron chi connectivity index (χ4n) is 2.53. The molecule has 2 heterocycles. The average molecular weight is 275 g/mol. The average Bonchev–Trinajstić information content (AvgIpc) is 2.88. The van der Waals surface area contributed by atoms with E-state index in [4.69, 9.17) is 0 Å². The van der Waals surface area contributed by atoms with Crippen LogP contribution in [0.4, 0.5) is 14.7 Å². The van der Waals surface area contributed by atoms with Gasteiger partial charge in [-0.25, -0.2) is 18.7 Å². The second kappa shape index (κ2) is 5.15. The van der Waals surface area contributed by atoms with E-state index in [1.807, 2.05) is 0 Å². The zero-order valence-electron chi connectivity index (χ0n) is 11.2. The Morgan fingerprint density at radius 3 is 2.75 bits per heavy atom. The van der Waals surface area contributed by atoms with Crippen molar-refractivity contribution in [2.24, 2.45) is 0 Å². The topological polar surface area (TPSA) is 29.0 Å². The van der Waals surface area contributed by atoms with Crippen molar-refractivity contribution < 1.29 is 8.78 Å². The molecule has 104 valence electrons. The van der Waals surface area contributed by atoms with Crippen LogP contribution in [0.5, 0.6) is 0 Å². The maximum atomic E-state index is 13.3. The Hall–Kier alpha value is -2.04. The van der Waals surface area contributed by atoms with Crippen molar-refractivity contribution in [3.8, 4) is 11.3 Å². The summed E-state index contributed by atoms with van der Waals surface area (Å²) in [6.45, 7) is 3.07. The largest absolute Gasteiger partial charge is 0.338 e. The molecule has 3 nitrogen and oxygen atoms in total. The Morgan fingerprint density at radius 2 is 2.05 bits per heavy atom. The Bertz CT molecular complexity index is 630. The van der Waals surface area contributed by atoms with Gasteiger partial charge in [0.2, 0.25) is 5.95 Å². The molecule has 20 heavy (non-hydrogen) atoms. The molecule has 3 rings (SSSR count). The van der Waals surface area contributed by atoms with Crippen LogP contribution in [-0.4, -0.2) is 22.6 Å². The lowest BCUT2D eigenvalue weighted by molar-refractivity contribution is 0.509. The first kappa shape index (κ1) is 13.0. The van der Waals surface area contributed by atoms with Crippen LogP contribution < -0.4 is 4.90 Å². The first-order valence-corrected chi connectivity index (χ1v) is 6.70. The standard InChI is InChI=1S/C15H15F2N3/c1-10-3-2-8-20(10)15-18-7-6-14(19-15)11-4-5-12(16)13(17)9-11/h4-7,9-10H,2-3,8H2,1H3/t10-/m1/s1. The quantitative estimate of drug-likeness (QED) is 0.841. The summed E-state index contributed by atoms with van der Waals surface area (Å²) in [4.78, 5) is 10.9. The van der Waals surface area contributed by atoms with E-state index in [1.54, 1.807) is 12.3 Å². The number of anilines is 1. The normalized spacial score (nSPS) is 18.6. The van der Waals surface area contributed by atoms with Crippen molar-refractivity contribution in [2.45, 2.75) is 25.8 Å². The zero-order valence-corrected chi connectivity index (χ0v) is 11.2. The molecule has 0 spiro atoms. The van der Waals surface area contributed by atoms with E-state index in [1.165, 1.54) is 6.07 Å². The van der Waals surface area contributed by atoms with Crippen molar-refractivity contribution in [1.82, 2.24) is 9.97 Å². The number of halogens is 2. The molecule has 1 fully saturated rings. The predicted octanol–water partition coefficient (Wildman–Crippen LogP) is 3.41. The van der Waals surface area contributed by atoms with Crippen LogP contribution in [0.3, 0.4) is 0 Å². The third-order valence-electron chi connectivity index (χ3n) is 3.67. The van der Waals surface area contributed by atoms with Gasteiger partial charge in [0.25, 0.3) is 0 Å². The fourth-order valence-corrected chi connectivity index (χ4v) is 2.53. The number of hydrogen-bond donors (Lipinski definition) is 0. The van der Waals surface area contributed by atoms with Crippen LogP contribution >= 0.6 is 0 Å². The molecule has 1 aromatic heterocycles. The van der Waals surface area contributed by atoms with E-state index in [0.717, 1.165) is 31.5 Å². The molecule has 2 aromatic rings. The summed E-state index contributed by atoms with van der Waals surface area (Å²) in [6, 6.07) is 5.92. The SMILES string of the molecule is C[C@@H]1CCCN1c1nccc(-c2ccc(F)c(F)c2)n1. The second-order valence-electron chi connectivity index (χ2n) is 5.06. The molecule has 0 bridgehead atoms. The first-order valence-electron chi connectivity index (χ1n) is 6.70. The van der Waals surface area contributed by atoms with Crippen LogP contribution in [0.15, 0.2) is 30.5 Å². The summed E-state index contributed by atoms with van der Waals surface area (Å²) in [5.74, 6) is -1.06. The summed E-state index contributed by atoms with van der Waals surface area (Å²) >= 11 is 0. The monoisotopic (exact) mass is 275 g/mol. The van der Waals surface area contributed by atoms with Gasteiger partial charge in [-0.05, 0) is 44.0 Å². The van der Waals surface area contributed by atoms with Crippen LogP contribution in [0.2, 0.25) is 0 Å². The Balaban J connectivity index is 1.96. The van der Waals surface area contributed by atoms with Gasteiger partial charge in [-0.3, -0.25) is 0 Å². The fraction of sp³-hybridized carbons (Fsp3) is 0.333. The zero-order chi connectivity index (χ0) is 14.1. The maximum Gasteiger partial charge on any atom is 0.226 e. The summed E-state index contributed by atoms with van der Waals surface area (Å²) in [7, 11) is 0. The van der Waals surface area contributed by atoms with Crippen molar-refractivity contribution >= 4 is 5.95 Å². The van der Waals surface area contributed by atoms with E-state index >= 15 is 0 Å². The molecule has 0 N–H and O–H groups in total. The Labute approximate surface area is 116 Å². The Morgan fingerprint density at radius 1 is 1.20 bits per heavy atom. The summed E-state index contributed by atoms with van der Waals surface area (Å²) in [5, 5.41) is 0. The molecular formula is C15H15F2N3.